The second-order valence-electron chi connectivity index (χ2n) is 8.81. The Labute approximate surface area is 216 Å². The van der Waals surface area contributed by atoms with Crippen LogP contribution in [0.15, 0.2) is 72.9 Å². The van der Waals surface area contributed by atoms with Crippen molar-refractivity contribution in [2.45, 2.75) is 12.1 Å². The Bertz CT molecular complexity index is 1440. The molecule has 0 aliphatic carbocycles. The molecule has 3 aromatic carbocycles. The minimum Gasteiger partial charge on any atom is -0.358 e. The van der Waals surface area contributed by atoms with Gasteiger partial charge in [0.1, 0.15) is 6.04 Å². The largest absolute Gasteiger partial charge is 0.358 e. The molecule has 0 aromatic heterocycles. The zero-order valence-electron chi connectivity index (χ0n) is 18.1. The van der Waals surface area contributed by atoms with Gasteiger partial charge in [-0.05, 0) is 59.7 Å². The number of benzene rings is 3. The van der Waals surface area contributed by atoms with E-state index in [9.17, 15) is 14.4 Å². The highest BCUT2D eigenvalue weighted by molar-refractivity contribution is 6.37. The van der Waals surface area contributed by atoms with Gasteiger partial charge in [0, 0.05) is 21.8 Å². The van der Waals surface area contributed by atoms with Gasteiger partial charge in [-0.2, -0.15) is 0 Å². The van der Waals surface area contributed by atoms with Crippen LogP contribution in [0.3, 0.4) is 0 Å². The van der Waals surface area contributed by atoms with Crippen LogP contribution in [0.1, 0.15) is 27.5 Å². The van der Waals surface area contributed by atoms with Crippen LogP contribution >= 0.6 is 34.8 Å². The summed E-state index contributed by atoms with van der Waals surface area (Å²) >= 11 is 18.5. The molecule has 0 N–H and O–H groups in total. The average Bonchev–Trinajstić information content (AvgIpc) is 3.32. The number of halogens is 3. The summed E-state index contributed by atoms with van der Waals surface area (Å²) in [6.45, 7) is 0. The number of Topliss-reactive ketones (excluding diaryl/α,β-unsaturated/α-hetero) is 1. The van der Waals surface area contributed by atoms with Crippen LogP contribution < -0.4 is 4.90 Å². The third-order valence-electron chi connectivity index (χ3n) is 7.01. The summed E-state index contributed by atoms with van der Waals surface area (Å²) in [5.74, 6) is -2.68. The first-order valence-corrected chi connectivity index (χ1v) is 12.2. The van der Waals surface area contributed by atoms with E-state index in [1.54, 1.807) is 36.4 Å². The number of imide groups is 1. The van der Waals surface area contributed by atoms with Crippen molar-refractivity contribution in [3.63, 3.8) is 0 Å². The predicted octanol–water partition coefficient (Wildman–Crippen LogP) is 6.05. The van der Waals surface area contributed by atoms with Gasteiger partial charge in [-0.1, -0.05) is 59.1 Å². The van der Waals surface area contributed by atoms with Crippen molar-refractivity contribution in [2.75, 3.05) is 4.90 Å². The molecule has 2 saturated heterocycles. The third kappa shape index (κ3) is 3.33. The molecule has 2 amide bonds. The summed E-state index contributed by atoms with van der Waals surface area (Å²) < 4.78 is 0. The Morgan fingerprint density at radius 1 is 0.800 bits per heavy atom. The van der Waals surface area contributed by atoms with Crippen molar-refractivity contribution in [2.24, 2.45) is 11.8 Å². The molecule has 6 rings (SSSR count). The van der Waals surface area contributed by atoms with Gasteiger partial charge in [0.2, 0.25) is 11.8 Å². The van der Waals surface area contributed by atoms with Gasteiger partial charge >= 0.3 is 0 Å². The number of carbonyl (C=O) groups is 3. The van der Waals surface area contributed by atoms with Crippen molar-refractivity contribution < 1.29 is 14.4 Å². The van der Waals surface area contributed by atoms with E-state index in [0.717, 1.165) is 11.1 Å². The van der Waals surface area contributed by atoms with Crippen LogP contribution in [0.25, 0.3) is 6.08 Å². The zero-order valence-corrected chi connectivity index (χ0v) is 20.3. The third-order valence-corrected chi connectivity index (χ3v) is 7.81. The molecule has 5 nitrogen and oxygen atoms in total. The highest BCUT2D eigenvalue weighted by Gasteiger charge is 2.64. The molecular formula is C27H17Cl3N2O3. The highest BCUT2D eigenvalue weighted by atomic mass is 35.5. The van der Waals surface area contributed by atoms with Crippen molar-refractivity contribution in [1.29, 1.82) is 0 Å². The van der Waals surface area contributed by atoms with Crippen LogP contribution in [0.5, 0.6) is 0 Å². The van der Waals surface area contributed by atoms with Gasteiger partial charge in [-0.25, -0.2) is 4.90 Å². The number of amides is 2. The Morgan fingerprint density at radius 3 is 2.23 bits per heavy atom. The summed E-state index contributed by atoms with van der Waals surface area (Å²) in [4.78, 5) is 44.6. The van der Waals surface area contributed by atoms with Gasteiger partial charge in [-0.15, -0.1) is 0 Å². The number of hydrogen-bond donors (Lipinski definition) is 0. The van der Waals surface area contributed by atoms with E-state index in [0.29, 0.717) is 15.7 Å². The monoisotopic (exact) mass is 522 g/mol. The van der Waals surface area contributed by atoms with Crippen LogP contribution in [0, 0.1) is 11.8 Å². The minimum absolute atomic E-state index is 0.204. The van der Waals surface area contributed by atoms with E-state index >= 15 is 0 Å². The fourth-order valence-corrected chi connectivity index (χ4v) is 6.18. The molecule has 0 radical (unpaired) electrons. The van der Waals surface area contributed by atoms with E-state index in [-0.39, 0.29) is 22.3 Å². The molecule has 3 aliphatic rings. The molecule has 3 aliphatic heterocycles. The lowest BCUT2D eigenvalue weighted by atomic mass is 9.83. The van der Waals surface area contributed by atoms with Gasteiger partial charge in [-0.3, -0.25) is 14.4 Å². The van der Waals surface area contributed by atoms with Gasteiger partial charge in [0.25, 0.3) is 0 Å². The maximum atomic E-state index is 13.9. The number of hydrogen-bond acceptors (Lipinski definition) is 4. The fourth-order valence-electron chi connectivity index (χ4n) is 5.55. The standard InChI is InChI=1S/C27H17Cl3N2O3/c28-15-5-8-17(9-6-15)32-26(34)21-22(27(32)35)24(25(33)19-10-7-16(29)13-20(19)30)31-12-11-14-3-1-2-4-18(14)23(21)31/h1-13,21-24H/t21-,22-,23+,24+/m1/s1. The average molecular weight is 524 g/mol. The second-order valence-corrected chi connectivity index (χ2v) is 10.1. The van der Waals surface area contributed by atoms with E-state index in [1.165, 1.54) is 11.0 Å². The molecule has 0 spiro atoms. The first-order chi connectivity index (χ1) is 16.9. The van der Waals surface area contributed by atoms with Crippen LogP contribution in [0.2, 0.25) is 15.1 Å². The number of ketones is 1. The lowest BCUT2D eigenvalue weighted by Gasteiger charge is -2.35. The number of carbonyl (C=O) groups excluding carboxylic acids is 3. The summed E-state index contributed by atoms with van der Waals surface area (Å²) in [6.07, 6.45) is 3.72. The Hall–Kier alpha value is -3.12. The molecular weight excluding hydrogens is 507 g/mol. The highest BCUT2D eigenvalue weighted by Crippen LogP contribution is 2.54. The molecule has 0 saturated carbocycles. The molecule has 0 bridgehead atoms. The summed E-state index contributed by atoms with van der Waals surface area (Å²) in [6, 6.07) is 17.6. The zero-order chi connectivity index (χ0) is 24.4. The van der Waals surface area contributed by atoms with Crippen LogP contribution in [-0.2, 0) is 9.59 Å². The van der Waals surface area contributed by atoms with E-state index in [1.807, 2.05) is 41.4 Å². The van der Waals surface area contributed by atoms with Crippen molar-refractivity contribution in [3.8, 4) is 0 Å². The number of rotatable bonds is 3. The lowest BCUT2D eigenvalue weighted by Crippen LogP contribution is -2.44. The van der Waals surface area contributed by atoms with Crippen LogP contribution in [0.4, 0.5) is 5.69 Å². The molecule has 3 heterocycles. The SMILES string of the molecule is O=C(c1ccc(Cl)cc1Cl)[C@@H]1[C@@H]2C(=O)N(c3ccc(Cl)cc3)C(=O)[C@H]2[C@@H]2c3ccccc3C=CN12. The molecule has 2 fully saturated rings. The summed E-state index contributed by atoms with van der Waals surface area (Å²) in [7, 11) is 0. The Morgan fingerprint density at radius 2 is 1.49 bits per heavy atom. The second kappa shape index (κ2) is 8.23. The predicted molar refractivity (Wildman–Crippen MR) is 136 cm³/mol. The molecule has 35 heavy (non-hydrogen) atoms. The quantitative estimate of drug-likeness (QED) is 0.310. The fraction of sp³-hybridized carbons (Fsp3) is 0.148. The van der Waals surface area contributed by atoms with Crippen LogP contribution in [-0.4, -0.2) is 28.5 Å². The van der Waals surface area contributed by atoms with Gasteiger partial charge in [0.05, 0.1) is 28.6 Å². The maximum absolute atomic E-state index is 13.9. The van der Waals surface area contributed by atoms with E-state index < -0.39 is 29.8 Å². The van der Waals surface area contributed by atoms with E-state index in [2.05, 4.69) is 0 Å². The Balaban J connectivity index is 1.50. The number of anilines is 1. The minimum atomic E-state index is -0.901. The maximum Gasteiger partial charge on any atom is 0.240 e. The summed E-state index contributed by atoms with van der Waals surface area (Å²) in [5.41, 5.74) is 2.55. The van der Waals surface area contributed by atoms with Crippen molar-refractivity contribution >= 4 is 64.2 Å². The van der Waals surface area contributed by atoms with E-state index in [4.69, 9.17) is 34.8 Å². The molecule has 8 heteroatoms. The molecule has 4 atom stereocenters. The Kier molecular flexibility index (Phi) is 5.26. The number of fused-ring (bicyclic) bond motifs is 5. The molecule has 3 aromatic rings. The molecule has 174 valence electrons. The van der Waals surface area contributed by atoms with Gasteiger partial charge < -0.3 is 4.90 Å². The first kappa shape index (κ1) is 22.4. The first-order valence-electron chi connectivity index (χ1n) is 11.0. The normalized spacial score (nSPS) is 24.4. The number of nitrogens with zero attached hydrogens (tertiary/aromatic N) is 2. The van der Waals surface area contributed by atoms with Crippen molar-refractivity contribution in [3.05, 3.63) is 105 Å². The lowest BCUT2D eigenvalue weighted by molar-refractivity contribution is -0.123. The molecule has 0 unspecified atom stereocenters. The summed E-state index contributed by atoms with van der Waals surface area (Å²) in [5, 5.41) is 1.10. The topological polar surface area (TPSA) is 57.7 Å². The van der Waals surface area contributed by atoms with Crippen molar-refractivity contribution in [1.82, 2.24) is 4.90 Å². The smallest absolute Gasteiger partial charge is 0.240 e. The van der Waals surface area contributed by atoms with Gasteiger partial charge in [0.15, 0.2) is 5.78 Å².